The van der Waals surface area contributed by atoms with Crippen LogP contribution in [0.3, 0.4) is 0 Å². The third-order valence-electron chi connectivity index (χ3n) is 2.34. The molecule has 1 unspecified atom stereocenters. The van der Waals surface area contributed by atoms with E-state index in [1.807, 2.05) is 24.4 Å². The zero-order valence-corrected chi connectivity index (χ0v) is 10.7. The van der Waals surface area contributed by atoms with Crippen molar-refractivity contribution in [1.29, 1.82) is 0 Å². The van der Waals surface area contributed by atoms with Crippen LogP contribution in [0.15, 0.2) is 17.5 Å². The largest absolute Gasteiger partial charge is 0.479 e. The fourth-order valence-corrected chi connectivity index (χ4v) is 2.21. The molecule has 100 valence electrons. The molecule has 1 aromatic heterocycles. The average molecular weight is 272 g/mol. The van der Waals surface area contributed by atoms with E-state index in [2.05, 4.69) is 10.6 Å². The normalized spacial score (nSPS) is 13.7. The highest BCUT2D eigenvalue weighted by Crippen LogP contribution is 2.21. The molecule has 6 nitrogen and oxygen atoms in total. The number of amides is 2. The van der Waals surface area contributed by atoms with Crippen molar-refractivity contribution in [3.63, 3.8) is 0 Å². The van der Waals surface area contributed by atoms with Crippen molar-refractivity contribution < 1.29 is 19.8 Å². The van der Waals surface area contributed by atoms with E-state index in [0.717, 1.165) is 11.3 Å². The minimum Gasteiger partial charge on any atom is -0.479 e. The van der Waals surface area contributed by atoms with Gasteiger partial charge < -0.3 is 20.8 Å². The van der Waals surface area contributed by atoms with Crippen LogP contribution in [0.1, 0.15) is 24.3 Å². The molecule has 0 bridgehead atoms. The van der Waals surface area contributed by atoms with Crippen LogP contribution >= 0.6 is 11.3 Å². The Bertz CT molecular complexity index is 394. The van der Waals surface area contributed by atoms with Gasteiger partial charge in [-0.3, -0.25) is 0 Å². The van der Waals surface area contributed by atoms with Gasteiger partial charge in [0, 0.05) is 4.88 Å². The number of carbonyl (C=O) groups excluding carboxylic acids is 1. The zero-order chi connectivity index (χ0) is 13.5. The number of aliphatic carboxylic acids is 1. The summed E-state index contributed by atoms with van der Waals surface area (Å²) >= 11 is 1.54. The molecule has 2 amide bonds. The van der Waals surface area contributed by atoms with Crippen molar-refractivity contribution in [3.05, 3.63) is 22.4 Å². The van der Waals surface area contributed by atoms with E-state index in [9.17, 15) is 9.59 Å². The number of carbonyl (C=O) groups is 2. The SMILES string of the molecule is CCC(NC(=O)NC[C@H](O)C(=O)O)c1cccs1. The van der Waals surface area contributed by atoms with Crippen molar-refractivity contribution >= 4 is 23.3 Å². The maximum absolute atomic E-state index is 11.5. The number of aliphatic hydroxyl groups is 1. The van der Waals surface area contributed by atoms with Crippen LogP contribution in [0.25, 0.3) is 0 Å². The summed E-state index contributed by atoms with van der Waals surface area (Å²) in [5.41, 5.74) is 0. The summed E-state index contributed by atoms with van der Waals surface area (Å²) in [5.74, 6) is -1.36. The van der Waals surface area contributed by atoms with E-state index in [1.54, 1.807) is 11.3 Å². The van der Waals surface area contributed by atoms with E-state index in [-0.39, 0.29) is 12.6 Å². The van der Waals surface area contributed by atoms with Crippen molar-refractivity contribution in [3.8, 4) is 0 Å². The van der Waals surface area contributed by atoms with E-state index < -0.39 is 18.1 Å². The van der Waals surface area contributed by atoms with E-state index in [1.165, 1.54) is 0 Å². The Morgan fingerprint density at radius 3 is 2.72 bits per heavy atom. The van der Waals surface area contributed by atoms with Gasteiger partial charge in [-0.1, -0.05) is 13.0 Å². The van der Waals surface area contributed by atoms with E-state index in [4.69, 9.17) is 10.2 Å². The lowest BCUT2D eigenvalue weighted by Crippen LogP contribution is -2.43. The van der Waals surface area contributed by atoms with Gasteiger partial charge in [0.2, 0.25) is 0 Å². The molecule has 18 heavy (non-hydrogen) atoms. The predicted octanol–water partition coefficient (Wildman–Crippen LogP) is 0.944. The van der Waals surface area contributed by atoms with Gasteiger partial charge in [0.05, 0.1) is 12.6 Å². The fraction of sp³-hybridized carbons (Fsp3) is 0.455. The van der Waals surface area contributed by atoms with Gasteiger partial charge in [-0.25, -0.2) is 9.59 Å². The first-order valence-corrected chi connectivity index (χ1v) is 6.41. The van der Waals surface area contributed by atoms with Crippen LogP contribution in [0.5, 0.6) is 0 Å². The lowest BCUT2D eigenvalue weighted by atomic mass is 10.2. The highest BCUT2D eigenvalue weighted by atomic mass is 32.1. The highest BCUT2D eigenvalue weighted by molar-refractivity contribution is 7.10. The molecule has 0 saturated heterocycles. The first-order valence-electron chi connectivity index (χ1n) is 5.53. The van der Waals surface area contributed by atoms with Gasteiger partial charge in [0.15, 0.2) is 6.10 Å². The van der Waals surface area contributed by atoms with E-state index >= 15 is 0 Å². The number of carboxylic acids is 1. The molecule has 1 aromatic rings. The Labute approximate surface area is 109 Å². The van der Waals surface area contributed by atoms with Gasteiger partial charge in [-0.2, -0.15) is 0 Å². The highest BCUT2D eigenvalue weighted by Gasteiger charge is 2.16. The number of urea groups is 1. The van der Waals surface area contributed by atoms with Gasteiger partial charge in [0.25, 0.3) is 0 Å². The minimum absolute atomic E-state index is 0.105. The van der Waals surface area contributed by atoms with Crippen molar-refractivity contribution in [2.45, 2.75) is 25.5 Å². The lowest BCUT2D eigenvalue weighted by molar-refractivity contribution is -0.146. The quantitative estimate of drug-likeness (QED) is 0.619. The second-order valence-corrected chi connectivity index (χ2v) is 4.66. The number of rotatable bonds is 6. The van der Waals surface area contributed by atoms with Crippen LogP contribution in [-0.4, -0.2) is 34.9 Å². The smallest absolute Gasteiger partial charge is 0.334 e. The molecular weight excluding hydrogens is 256 g/mol. The molecule has 0 radical (unpaired) electrons. The lowest BCUT2D eigenvalue weighted by Gasteiger charge is -2.16. The van der Waals surface area contributed by atoms with Crippen LogP contribution in [0.4, 0.5) is 4.79 Å². The van der Waals surface area contributed by atoms with Crippen LogP contribution in [-0.2, 0) is 4.79 Å². The average Bonchev–Trinajstić information content (AvgIpc) is 2.86. The minimum atomic E-state index is -1.59. The number of thiophene rings is 1. The summed E-state index contributed by atoms with van der Waals surface area (Å²) in [4.78, 5) is 22.9. The fourth-order valence-electron chi connectivity index (χ4n) is 1.35. The van der Waals surface area contributed by atoms with Crippen LogP contribution in [0.2, 0.25) is 0 Å². The van der Waals surface area contributed by atoms with Gasteiger partial charge in [0.1, 0.15) is 0 Å². The van der Waals surface area contributed by atoms with Gasteiger partial charge in [-0.15, -0.1) is 11.3 Å². The topological polar surface area (TPSA) is 98.7 Å². The molecule has 0 fully saturated rings. The van der Waals surface area contributed by atoms with Crippen LogP contribution in [0, 0.1) is 0 Å². The molecule has 1 heterocycles. The molecule has 0 aliphatic rings. The van der Waals surface area contributed by atoms with Gasteiger partial charge >= 0.3 is 12.0 Å². The molecular formula is C11H16N2O4S. The maximum Gasteiger partial charge on any atom is 0.334 e. The Kier molecular flexibility index (Phi) is 5.60. The Hall–Kier alpha value is -1.60. The molecule has 0 aliphatic heterocycles. The second-order valence-electron chi connectivity index (χ2n) is 3.68. The molecule has 7 heteroatoms. The van der Waals surface area contributed by atoms with Crippen molar-refractivity contribution in [1.82, 2.24) is 10.6 Å². The van der Waals surface area contributed by atoms with Crippen LogP contribution < -0.4 is 10.6 Å². The maximum atomic E-state index is 11.5. The summed E-state index contributed by atoms with van der Waals surface area (Å²) < 4.78 is 0. The second kappa shape index (κ2) is 6.97. The van der Waals surface area contributed by atoms with Gasteiger partial charge in [-0.05, 0) is 17.9 Å². The summed E-state index contributed by atoms with van der Waals surface area (Å²) in [6.45, 7) is 1.62. The third kappa shape index (κ3) is 4.34. The standard InChI is InChI=1S/C11H16N2O4S/c1-2-7(9-4-3-5-18-9)13-11(17)12-6-8(14)10(15)16/h3-5,7-8,14H,2,6H2,1H3,(H,15,16)(H2,12,13,17)/t7?,8-/m0/s1. The van der Waals surface area contributed by atoms with E-state index in [0.29, 0.717) is 0 Å². The Morgan fingerprint density at radius 2 is 2.22 bits per heavy atom. The molecule has 0 saturated carbocycles. The summed E-state index contributed by atoms with van der Waals surface area (Å²) in [7, 11) is 0. The molecule has 0 spiro atoms. The van der Waals surface area contributed by atoms with Crippen molar-refractivity contribution in [2.24, 2.45) is 0 Å². The number of carboxylic acid groups (broad SMARTS) is 1. The predicted molar refractivity (Wildman–Crippen MR) is 67.5 cm³/mol. The first-order chi connectivity index (χ1) is 8.54. The Balaban J connectivity index is 2.41. The molecule has 4 N–H and O–H groups in total. The monoisotopic (exact) mass is 272 g/mol. The zero-order valence-electron chi connectivity index (χ0n) is 9.92. The molecule has 0 aliphatic carbocycles. The summed E-state index contributed by atoms with van der Waals surface area (Å²) in [5, 5.41) is 24.4. The number of hydrogen-bond acceptors (Lipinski definition) is 4. The van der Waals surface area contributed by atoms with Crippen molar-refractivity contribution in [2.75, 3.05) is 6.54 Å². The Morgan fingerprint density at radius 1 is 1.50 bits per heavy atom. The number of nitrogens with one attached hydrogen (secondary N) is 2. The third-order valence-corrected chi connectivity index (χ3v) is 3.33. The molecule has 2 atom stereocenters. The number of aliphatic hydroxyl groups excluding tert-OH is 1. The summed E-state index contributed by atoms with van der Waals surface area (Å²) in [6.07, 6.45) is -0.854. The first kappa shape index (κ1) is 14.5. The molecule has 0 aromatic carbocycles. The summed E-state index contributed by atoms with van der Waals surface area (Å²) in [6, 6.07) is 3.23. The molecule has 1 rings (SSSR count). The number of hydrogen-bond donors (Lipinski definition) is 4.